The molecule has 3 aromatic heterocycles. The monoisotopic (exact) mass is 301 g/mol. The molecule has 0 saturated carbocycles. The minimum Gasteiger partial charge on any atom is -0.465 e. The SMILES string of the molecule is COC(=O)c1c(C)nn2c1ncc1c(=O)n(N(C)C)ccc12. The van der Waals surface area contributed by atoms with Gasteiger partial charge in [0.05, 0.1) is 23.7 Å². The average molecular weight is 301 g/mol. The molecule has 0 fully saturated rings. The maximum Gasteiger partial charge on any atom is 0.343 e. The van der Waals surface area contributed by atoms with Crippen LogP contribution in [0.2, 0.25) is 0 Å². The summed E-state index contributed by atoms with van der Waals surface area (Å²) in [4.78, 5) is 28.5. The topological polar surface area (TPSA) is 81.7 Å². The van der Waals surface area contributed by atoms with Crippen molar-refractivity contribution in [3.05, 3.63) is 40.1 Å². The van der Waals surface area contributed by atoms with Gasteiger partial charge in [0, 0.05) is 26.5 Å². The number of nitrogens with zero attached hydrogens (tertiary/aromatic N) is 5. The quantitative estimate of drug-likeness (QED) is 0.635. The molecule has 0 amide bonds. The summed E-state index contributed by atoms with van der Waals surface area (Å²) in [7, 11) is 4.85. The third kappa shape index (κ3) is 1.84. The molecule has 0 unspecified atom stereocenters. The van der Waals surface area contributed by atoms with Crippen LogP contribution >= 0.6 is 0 Å². The van der Waals surface area contributed by atoms with Crippen molar-refractivity contribution in [2.75, 3.05) is 26.2 Å². The second kappa shape index (κ2) is 4.83. The van der Waals surface area contributed by atoms with Crippen LogP contribution in [0.4, 0.5) is 0 Å². The zero-order valence-corrected chi connectivity index (χ0v) is 12.7. The van der Waals surface area contributed by atoms with Gasteiger partial charge in [-0.1, -0.05) is 0 Å². The Kier molecular flexibility index (Phi) is 3.09. The number of esters is 1. The summed E-state index contributed by atoms with van der Waals surface area (Å²) >= 11 is 0. The first kappa shape index (κ1) is 14.1. The van der Waals surface area contributed by atoms with E-state index in [1.54, 1.807) is 38.3 Å². The molecule has 3 heterocycles. The molecule has 0 aromatic carbocycles. The number of rotatable bonds is 2. The van der Waals surface area contributed by atoms with Crippen LogP contribution in [0.3, 0.4) is 0 Å². The van der Waals surface area contributed by atoms with Crippen molar-refractivity contribution < 1.29 is 9.53 Å². The van der Waals surface area contributed by atoms with E-state index in [1.165, 1.54) is 22.5 Å². The van der Waals surface area contributed by atoms with Gasteiger partial charge in [0.1, 0.15) is 5.56 Å². The molecular formula is C14H15N5O3. The minimum absolute atomic E-state index is 0.204. The van der Waals surface area contributed by atoms with Gasteiger partial charge in [-0.2, -0.15) is 5.10 Å². The molecule has 0 aliphatic heterocycles. The van der Waals surface area contributed by atoms with Crippen molar-refractivity contribution in [3.8, 4) is 0 Å². The van der Waals surface area contributed by atoms with Crippen LogP contribution in [0.5, 0.6) is 0 Å². The standard InChI is InChI=1S/C14H15N5O3/c1-8-11(14(21)22-4)12-15-7-9-10(19(12)16-8)5-6-18(13(9)20)17(2)3/h5-7H,1-4H3. The van der Waals surface area contributed by atoms with E-state index in [9.17, 15) is 9.59 Å². The molecule has 0 saturated heterocycles. The number of pyridine rings is 1. The zero-order valence-electron chi connectivity index (χ0n) is 12.7. The number of hydrogen-bond acceptors (Lipinski definition) is 6. The lowest BCUT2D eigenvalue weighted by molar-refractivity contribution is 0.0602. The van der Waals surface area contributed by atoms with E-state index in [-0.39, 0.29) is 5.56 Å². The lowest BCUT2D eigenvalue weighted by Gasteiger charge is -2.15. The molecule has 0 atom stereocenters. The third-order valence-electron chi connectivity index (χ3n) is 3.49. The van der Waals surface area contributed by atoms with Crippen LogP contribution in [0.15, 0.2) is 23.3 Å². The van der Waals surface area contributed by atoms with Gasteiger partial charge in [-0.15, -0.1) is 0 Å². The minimum atomic E-state index is -0.499. The molecule has 22 heavy (non-hydrogen) atoms. The van der Waals surface area contributed by atoms with Gasteiger partial charge in [-0.25, -0.2) is 19.0 Å². The Hall–Kier alpha value is -2.90. The predicted octanol–water partition coefficient (Wildman–Crippen LogP) is 0.337. The number of hydrogen-bond donors (Lipinski definition) is 0. The van der Waals surface area contributed by atoms with Crippen LogP contribution < -0.4 is 10.6 Å². The molecule has 0 radical (unpaired) electrons. The summed E-state index contributed by atoms with van der Waals surface area (Å²) in [6, 6.07) is 1.76. The second-order valence-corrected chi connectivity index (χ2v) is 5.06. The fourth-order valence-electron chi connectivity index (χ4n) is 2.42. The molecule has 3 aromatic rings. The Morgan fingerprint density at radius 3 is 2.73 bits per heavy atom. The average Bonchev–Trinajstić information content (AvgIpc) is 2.82. The summed E-state index contributed by atoms with van der Waals surface area (Å²) in [6.45, 7) is 1.70. The number of ether oxygens (including phenoxy) is 1. The highest BCUT2D eigenvalue weighted by Crippen LogP contribution is 2.18. The normalized spacial score (nSPS) is 11.1. The summed E-state index contributed by atoms with van der Waals surface area (Å²) < 4.78 is 7.73. The molecule has 0 spiro atoms. The Bertz CT molecular complexity index is 954. The Balaban J connectivity index is 2.41. The number of aromatic nitrogens is 4. The van der Waals surface area contributed by atoms with E-state index in [1.807, 2.05) is 0 Å². The highest BCUT2D eigenvalue weighted by Gasteiger charge is 2.20. The predicted molar refractivity (Wildman–Crippen MR) is 80.9 cm³/mol. The molecule has 0 aliphatic rings. The van der Waals surface area contributed by atoms with Crippen molar-refractivity contribution in [3.63, 3.8) is 0 Å². The maximum atomic E-state index is 12.4. The first-order valence-corrected chi connectivity index (χ1v) is 6.61. The Labute approximate surface area is 125 Å². The van der Waals surface area contributed by atoms with Crippen molar-refractivity contribution in [1.82, 2.24) is 19.3 Å². The summed E-state index contributed by atoms with van der Waals surface area (Å²) in [6.07, 6.45) is 3.11. The van der Waals surface area contributed by atoms with E-state index in [2.05, 4.69) is 10.1 Å². The van der Waals surface area contributed by atoms with Gasteiger partial charge in [0.15, 0.2) is 5.65 Å². The van der Waals surface area contributed by atoms with Crippen molar-refractivity contribution >= 4 is 22.5 Å². The Morgan fingerprint density at radius 1 is 1.36 bits per heavy atom. The molecule has 8 nitrogen and oxygen atoms in total. The highest BCUT2D eigenvalue weighted by atomic mass is 16.5. The number of carbonyl (C=O) groups excluding carboxylic acids is 1. The molecule has 0 aliphatic carbocycles. The first-order chi connectivity index (χ1) is 10.5. The van der Waals surface area contributed by atoms with E-state index in [0.29, 0.717) is 27.8 Å². The number of methoxy groups -OCH3 is 1. The van der Waals surface area contributed by atoms with Crippen LogP contribution in [-0.2, 0) is 4.74 Å². The number of aryl methyl sites for hydroxylation is 1. The van der Waals surface area contributed by atoms with Gasteiger partial charge in [-0.3, -0.25) is 4.79 Å². The molecule has 0 bridgehead atoms. The van der Waals surface area contributed by atoms with Crippen molar-refractivity contribution in [1.29, 1.82) is 0 Å². The maximum absolute atomic E-state index is 12.4. The molecule has 0 N–H and O–H groups in total. The zero-order chi connectivity index (χ0) is 16.0. The number of fused-ring (bicyclic) bond motifs is 3. The van der Waals surface area contributed by atoms with Crippen LogP contribution in [0, 0.1) is 6.92 Å². The molecule has 114 valence electrons. The fraction of sp³-hybridized carbons (Fsp3) is 0.286. The fourth-order valence-corrected chi connectivity index (χ4v) is 2.42. The van der Waals surface area contributed by atoms with E-state index in [4.69, 9.17) is 4.74 Å². The van der Waals surface area contributed by atoms with Crippen LogP contribution in [0.1, 0.15) is 16.1 Å². The number of carbonyl (C=O) groups is 1. The molecular weight excluding hydrogens is 286 g/mol. The van der Waals surface area contributed by atoms with Gasteiger partial charge in [-0.05, 0) is 13.0 Å². The van der Waals surface area contributed by atoms with Gasteiger partial charge in [0.25, 0.3) is 5.56 Å². The molecule has 3 rings (SSSR count). The smallest absolute Gasteiger partial charge is 0.343 e. The third-order valence-corrected chi connectivity index (χ3v) is 3.49. The van der Waals surface area contributed by atoms with Crippen LogP contribution in [-0.4, -0.2) is 46.4 Å². The first-order valence-electron chi connectivity index (χ1n) is 6.61. The van der Waals surface area contributed by atoms with E-state index >= 15 is 0 Å². The highest BCUT2D eigenvalue weighted by molar-refractivity contribution is 5.98. The van der Waals surface area contributed by atoms with Crippen molar-refractivity contribution in [2.45, 2.75) is 6.92 Å². The van der Waals surface area contributed by atoms with E-state index in [0.717, 1.165) is 0 Å². The molecule has 8 heteroatoms. The lowest BCUT2D eigenvalue weighted by atomic mass is 10.2. The van der Waals surface area contributed by atoms with Crippen molar-refractivity contribution in [2.24, 2.45) is 0 Å². The van der Waals surface area contributed by atoms with E-state index < -0.39 is 5.97 Å². The summed E-state index contributed by atoms with van der Waals surface area (Å²) in [5.74, 6) is -0.499. The second-order valence-electron chi connectivity index (χ2n) is 5.06. The lowest BCUT2D eigenvalue weighted by Crippen LogP contribution is -2.35. The van der Waals surface area contributed by atoms with Gasteiger partial charge < -0.3 is 9.75 Å². The summed E-state index contributed by atoms with van der Waals surface area (Å²) in [5.41, 5.74) is 1.57. The summed E-state index contributed by atoms with van der Waals surface area (Å²) in [5, 5.41) is 6.40. The van der Waals surface area contributed by atoms with Gasteiger partial charge in [0.2, 0.25) is 0 Å². The van der Waals surface area contributed by atoms with Crippen LogP contribution in [0.25, 0.3) is 16.6 Å². The Morgan fingerprint density at radius 2 is 2.09 bits per heavy atom. The largest absolute Gasteiger partial charge is 0.465 e. The van der Waals surface area contributed by atoms with Gasteiger partial charge >= 0.3 is 5.97 Å².